The fourth-order valence-corrected chi connectivity index (χ4v) is 2.31. The van der Waals surface area contributed by atoms with Crippen LogP contribution in [0, 0.1) is 17.8 Å². The van der Waals surface area contributed by atoms with Crippen molar-refractivity contribution in [1.82, 2.24) is 5.32 Å². The molecule has 2 rings (SSSR count). The highest BCUT2D eigenvalue weighted by Crippen LogP contribution is 2.31. The monoisotopic (exact) mass is 260 g/mol. The lowest BCUT2D eigenvalue weighted by molar-refractivity contribution is -0.135. The predicted molar refractivity (Wildman–Crippen MR) is 63.4 cm³/mol. The summed E-state index contributed by atoms with van der Waals surface area (Å²) in [4.78, 5) is 34.7. The Labute approximate surface area is 106 Å². The second-order valence-electron chi connectivity index (χ2n) is 4.74. The Bertz CT molecular complexity index is 355. The van der Waals surface area contributed by atoms with Crippen LogP contribution in [0.4, 0.5) is 0 Å². The van der Waals surface area contributed by atoms with Gasteiger partial charge in [0, 0.05) is 0 Å². The summed E-state index contributed by atoms with van der Waals surface area (Å²) in [5.74, 6) is -2.39. The molecular formula is C11H17ClN2O3. The van der Waals surface area contributed by atoms with Crippen LogP contribution in [0.25, 0.3) is 0 Å². The zero-order valence-corrected chi connectivity index (χ0v) is 10.5. The van der Waals surface area contributed by atoms with Crippen LogP contribution in [0.15, 0.2) is 0 Å². The van der Waals surface area contributed by atoms with Crippen LogP contribution in [0.2, 0.25) is 0 Å². The van der Waals surface area contributed by atoms with Gasteiger partial charge in [0.1, 0.15) is 5.92 Å². The van der Waals surface area contributed by atoms with Crippen LogP contribution in [-0.4, -0.2) is 23.6 Å². The maximum atomic E-state index is 12.0. The number of carbonyl (C=O) groups excluding carboxylic acids is 3. The number of Topliss-reactive ketones (excluding diaryl/α,β-unsaturated/α-hetero) is 1. The molecule has 1 saturated carbocycles. The minimum Gasteiger partial charge on any atom is -0.321 e. The van der Waals surface area contributed by atoms with Crippen molar-refractivity contribution in [1.29, 1.82) is 0 Å². The van der Waals surface area contributed by atoms with Gasteiger partial charge in [0.15, 0.2) is 5.78 Å². The molecular weight excluding hydrogens is 244 g/mol. The molecule has 1 saturated heterocycles. The quantitative estimate of drug-likeness (QED) is 0.553. The average Bonchev–Trinajstić information content (AvgIpc) is 2.37. The molecule has 0 aromatic carbocycles. The summed E-state index contributed by atoms with van der Waals surface area (Å²) in [6.07, 6.45) is 2.99. The van der Waals surface area contributed by atoms with Crippen LogP contribution in [0.5, 0.6) is 0 Å². The number of halogens is 1. The van der Waals surface area contributed by atoms with Crippen molar-refractivity contribution in [3.63, 3.8) is 0 Å². The molecule has 2 aliphatic rings. The van der Waals surface area contributed by atoms with Crippen LogP contribution >= 0.6 is 12.4 Å². The number of imide groups is 1. The molecule has 1 heterocycles. The van der Waals surface area contributed by atoms with Crippen molar-refractivity contribution in [2.24, 2.45) is 23.5 Å². The van der Waals surface area contributed by atoms with Gasteiger partial charge >= 0.3 is 0 Å². The molecule has 0 aromatic rings. The van der Waals surface area contributed by atoms with Gasteiger partial charge in [-0.15, -0.1) is 12.4 Å². The molecule has 1 aliphatic heterocycles. The van der Waals surface area contributed by atoms with Crippen LogP contribution < -0.4 is 11.1 Å². The van der Waals surface area contributed by atoms with E-state index in [1.54, 1.807) is 6.92 Å². The molecule has 3 atom stereocenters. The van der Waals surface area contributed by atoms with Crippen molar-refractivity contribution in [3.8, 4) is 0 Å². The van der Waals surface area contributed by atoms with Crippen molar-refractivity contribution in [2.45, 2.75) is 32.2 Å². The second kappa shape index (κ2) is 5.14. The lowest BCUT2D eigenvalue weighted by atomic mass is 9.75. The minimum atomic E-state index is -0.872. The number of hydrogen-bond acceptors (Lipinski definition) is 4. The lowest BCUT2D eigenvalue weighted by Gasteiger charge is -2.31. The third kappa shape index (κ3) is 2.35. The van der Waals surface area contributed by atoms with Crippen LogP contribution in [0.3, 0.4) is 0 Å². The third-order valence-electron chi connectivity index (χ3n) is 3.74. The molecule has 1 unspecified atom stereocenters. The number of hydrogen-bond donors (Lipinski definition) is 2. The Morgan fingerprint density at radius 3 is 2.29 bits per heavy atom. The SMILES string of the molecule is C[C@@H]1C(=O)NC(=O)[C@H]1C(=O)C(N)C1CCC1.Cl. The van der Waals surface area contributed by atoms with Gasteiger partial charge in [0.2, 0.25) is 11.8 Å². The highest BCUT2D eigenvalue weighted by molar-refractivity contribution is 6.16. The van der Waals surface area contributed by atoms with Gasteiger partial charge in [-0.25, -0.2) is 0 Å². The van der Waals surface area contributed by atoms with Gasteiger partial charge in [-0.3, -0.25) is 19.7 Å². The van der Waals surface area contributed by atoms with E-state index in [2.05, 4.69) is 5.32 Å². The molecule has 6 heteroatoms. The van der Waals surface area contributed by atoms with Gasteiger partial charge in [0.25, 0.3) is 0 Å². The number of carbonyl (C=O) groups is 3. The summed E-state index contributed by atoms with van der Waals surface area (Å²) in [7, 11) is 0. The van der Waals surface area contributed by atoms with E-state index in [0.717, 1.165) is 19.3 Å². The van der Waals surface area contributed by atoms with E-state index in [1.807, 2.05) is 0 Å². The Morgan fingerprint density at radius 2 is 1.94 bits per heavy atom. The second-order valence-corrected chi connectivity index (χ2v) is 4.74. The van der Waals surface area contributed by atoms with Gasteiger partial charge in [-0.1, -0.05) is 13.3 Å². The first-order chi connectivity index (χ1) is 7.52. The summed E-state index contributed by atoms with van der Waals surface area (Å²) < 4.78 is 0. The van der Waals surface area contributed by atoms with Crippen LogP contribution in [0.1, 0.15) is 26.2 Å². The van der Waals surface area contributed by atoms with E-state index < -0.39 is 23.8 Å². The Hall–Kier alpha value is -0.940. The largest absolute Gasteiger partial charge is 0.321 e. The van der Waals surface area contributed by atoms with Gasteiger partial charge in [0.05, 0.1) is 12.0 Å². The third-order valence-corrected chi connectivity index (χ3v) is 3.74. The van der Waals surface area contributed by atoms with Gasteiger partial charge in [-0.05, 0) is 18.8 Å². The van der Waals surface area contributed by atoms with Crippen molar-refractivity contribution in [2.75, 3.05) is 0 Å². The molecule has 0 bridgehead atoms. The number of amides is 2. The molecule has 2 fully saturated rings. The van der Waals surface area contributed by atoms with Crippen molar-refractivity contribution >= 4 is 30.0 Å². The smallest absolute Gasteiger partial charge is 0.238 e. The Kier molecular flexibility index (Phi) is 4.27. The molecule has 0 spiro atoms. The van der Waals surface area contributed by atoms with E-state index in [1.165, 1.54) is 0 Å². The van der Waals surface area contributed by atoms with Crippen LogP contribution in [-0.2, 0) is 14.4 Å². The molecule has 0 radical (unpaired) electrons. The predicted octanol–water partition coefficient (Wildman–Crippen LogP) is 0.0134. The fourth-order valence-electron chi connectivity index (χ4n) is 2.31. The molecule has 17 heavy (non-hydrogen) atoms. The zero-order valence-electron chi connectivity index (χ0n) is 9.64. The Balaban J connectivity index is 0.00000144. The highest BCUT2D eigenvalue weighted by Gasteiger charge is 2.46. The van der Waals surface area contributed by atoms with Crippen molar-refractivity contribution < 1.29 is 14.4 Å². The molecule has 0 aromatic heterocycles. The summed E-state index contributed by atoms with van der Waals surface area (Å²) in [6, 6.07) is -0.585. The highest BCUT2D eigenvalue weighted by atomic mass is 35.5. The summed E-state index contributed by atoms with van der Waals surface area (Å²) >= 11 is 0. The molecule has 3 N–H and O–H groups in total. The molecule has 96 valence electrons. The van der Waals surface area contributed by atoms with E-state index in [0.29, 0.717) is 0 Å². The van der Waals surface area contributed by atoms with E-state index in [4.69, 9.17) is 5.73 Å². The Morgan fingerprint density at radius 1 is 1.35 bits per heavy atom. The van der Waals surface area contributed by atoms with Gasteiger partial charge in [-0.2, -0.15) is 0 Å². The fraction of sp³-hybridized carbons (Fsp3) is 0.727. The molecule has 1 aliphatic carbocycles. The number of rotatable bonds is 3. The molecule has 2 amide bonds. The van der Waals surface area contributed by atoms with E-state index in [9.17, 15) is 14.4 Å². The van der Waals surface area contributed by atoms with E-state index in [-0.39, 0.29) is 30.0 Å². The summed E-state index contributed by atoms with van der Waals surface area (Å²) in [6.45, 7) is 1.59. The molecule has 5 nitrogen and oxygen atoms in total. The zero-order chi connectivity index (χ0) is 11.9. The number of nitrogens with one attached hydrogen (secondary N) is 1. The minimum absolute atomic E-state index is 0. The van der Waals surface area contributed by atoms with E-state index >= 15 is 0 Å². The normalized spacial score (nSPS) is 30.2. The maximum Gasteiger partial charge on any atom is 0.238 e. The first-order valence-corrected chi connectivity index (χ1v) is 5.66. The first-order valence-electron chi connectivity index (χ1n) is 5.66. The first kappa shape index (κ1) is 14.1. The average molecular weight is 261 g/mol. The number of nitrogens with two attached hydrogens (primary N) is 1. The van der Waals surface area contributed by atoms with Gasteiger partial charge < -0.3 is 5.73 Å². The van der Waals surface area contributed by atoms with Crippen molar-refractivity contribution in [3.05, 3.63) is 0 Å². The summed E-state index contributed by atoms with van der Waals surface area (Å²) in [5, 5.41) is 2.17. The topological polar surface area (TPSA) is 89.3 Å². The lowest BCUT2D eigenvalue weighted by Crippen LogP contribution is -2.46. The summed E-state index contributed by atoms with van der Waals surface area (Å²) in [5.41, 5.74) is 5.83. The maximum absolute atomic E-state index is 12.0. The number of ketones is 1. The standard InChI is InChI=1S/C11H16N2O3.ClH/c1-5-7(11(16)13-10(5)15)9(14)8(12)6-3-2-4-6;/h5-8H,2-4,12H2,1H3,(H,13,15,16);1H/t5-,7+,8?;/m0./s1.